The van der Waals surface area contributed by atoms with Crippen LogP contribution in [0.1, 0.15) is 31.5 Å². The van der Waals surface area contributed by atoms with Gasteiger partial charge in [-0.25, -0.2) is 18.3 Å². The molecule has 4 rings (SSSR count). The predicted octanol–water partition coefficient (Wildman–Crippen LogP) is 3.82. The number of unbranched alkanes of at least 4 members (excludes halogenated alkanes) is 3. The van der Waals surface area contributed by atoms with Gasteiger partial charge >= 0.3 is 5.82 Å². The third-order valence-electron chi connectivity index (χ3n) is 6.00. The Morgan fingerprint density at radius 3 is 2.38 bits per heavy atom. The van der Waals surface area contributed by atoms with Gasteiger partial charge in [0, 0.05) is 7.05 Å². The van der Waals surface area contributed by atoms with Crippen molar-refractivity contribution < 1.29 is 9.13 Å². The molecule has 0 atom stereocenters. The molecule has 0 radical (unpaired) electrons. The zero-order valence-corrected chi connectivity index (χ0v) is 19.4. The van der Waals surface area contributed by atoms with Crippen molar-refractivity contribution in [3.63, 3.8) is 0 Å². The molecule has 2 aromatic carbocycles. The van der Waals surface area contributed by atoms with Crippen LogP contribution in [-0.2, 0) is 27.2 Å². The van der Waals surface area contributed by atoms with E-state index in [1.807, 2.05) is 36.5 Å². The lowest BCUT2D eigenvalue weighted by atomic mass is 10.2. The van der Waals surface area contributed by atoms with Gasteiger partial charge in [-0.1, -0.05) is 30.3 Å². The quantitative estimate of drug-likeness (QED) is 0.163. The van der Waals surface area contributed by atoms with Crippen LogP contribution in [0.3, 0.4) is 0 Å². The number of aryl methyl sites for hydroxylation is 4. The van der Waals surface area contributed by atoms with E-state index in [1.165, 1.54) is 30.3 Å². The minimum atomic E-state index is 0.996. The molecule has 0 aliphatic carbocycles. The highest BCUT2D eigenvalue weighted by atomic mass is 15.4. The second-order valence-corrected chi connectivity index (χ2v) is 8.39. The monoisotopic (exact) mass is 430 g/mol. The van der Waals surface area contributed by atoms with E-state index in [9.17, 15) is 0 Å². The standard InChI is InChI=1S/C26H34N6/c1-28-19-20-31(22-28)17-11-4-5-12-18-32-25-16-10-9-15-24(25)29(2)26(32)21-27-30(3)23-13-7-6-8-14-23/h6-10,13-16,19-22H,4-5,11-12,17-18H2,1-3H3/q+2. The molecule has 0 aliphatic heterocycles. The summed E-state index contributed by atoms with van der Waals surface area (Å²) in [6.07, 6.45) is 13.2. The molecular weight excluding hydrogens is 396 g/mol. The van der Waals surface area contributed by atoms with Gasteiger partial charge in [0.25, 0.3) is 0 Å². The van der Waals surface area contributed by atoms with Crippen LogP contribution < -0.4 is 14.1 Å². The third kappa shape index (κ3) is 5.07. The number of anilines is 1. The SMILES string of the molecule is CN(/N=C/c1n(CCCCCCn2cc[n+](C)c2)c2ccccc2[n+]1C)c1ccccc1. The van der Waals surface area contributed by atoms with Crippen LogP contribution in [0.25, 0.3) is 11.0 Å². The maximum absolute atomic E-state index is 4.74. The van der Waals surface area contributed by atoms with Crippen LogP contribution in [-0.4, -0.2) is 22.4 Å². The second-order valence-electron chi connectivity index (χ2n) is 8.39. The maximum atomic E-state index is 4.74. The van der Waals surface area contributed by atoms with Crippen molar-refractivity contribution in [2.45, 2.75) is 38.8 Å². The molecule has 0 bridgehead atoms. The largest absolute Gasteiger partial charge is 0.302 e. The van der Waals surface area contributed by atoms with Crippen molar-refractivity contribution >= 4 is 22.9 Å². The molecule has 0 aliphatic rings. The summed E-state index contributed by atoms with van der Waals surface area (Å²) in [5.74, 6) is 1.12. The van der Waals surface area contributed by atoms with E-state index in [0.717, 1.165) is 31.0 Å². The zero-order valence-electron chi connectivity index (χ0n) is 19.4. The number of imidazole rings is 2. The highest BCUT2D eigenvalue weighted by Crippen LogP contribution is 2.16. The molecule has 32 heavy (non-hydrogen) atoms. The fourth-order valence-electron chi connectivity index (χ4n) is 4.20. The van der Waals surface area contributed by atoms with Crippen LogP contribution in [0.15, 0.2) is 78.4 Å². The van der Waals surface area contributed by atoms with Crippen molar-refractivity contribution in [1.82, 2.24) is 9.13 Å². The lowest BCUT2D eigenvalue weighted by Crippen LogP contribution is -2.33. The molecular formula is C26H34N6+2. The zero-order chi connectivity index (χ0) is 22.3. The van der Waals surface area contributed by atoms with Crippen LogP contribution in [0.4, 0.5) is 5.69 Å². The first kappa shape index (κ1) is 21.8. The topological polar surface area (TPSA) is 33.2 Å². The summed E-state index contributed by atoms with van der Waals surface area (Å²) in [6.45, 7) is 2.09. The van der Waals surface area contributed by atoms with E-state index in [1.54, 1.807) is 0 Å². The van der Waals surface area contributed by atoms with Crippen molar-refractivity contribution in [1.29, 1.82) is 0 Å². The van der Waals surface area contributed by atoms with Gasteiger partial charge in [-0.05, 0) is 49.9 Å². The first-order chi connectivity index (χ1) is 15.6. The van der Waals surface area contributed by atoms with Gasteiger partial charge in [0.15, 0.2) is 11.0 Å². The Morgan fingerprint density at radius 2 is 1.62 bits per heavy atom. The molecule has 0 fully saturated rings. The van der Waals surface area contributed by atoms with E-state index >= 15 is 0 Å². The molecule has 2 aromatic heterocycles. The van der Waals surface area contributed by atoms with Crippen LogP contribution in [0.2, 0.25) is 0 Å². The van der Waals surface area contributed by atoms with Gasteiger partial charge in [-0.15, -0.1) is 0 Å². The van der Waals surface area contributed by atoms with E-state index in [2.05, 4.69) is 87.5 Å². The van der Waals surface area contributed by atoms with Crippen molar-refractivity contribution in [2.75, 3.05) is 12.1 Å². The lowest BCUT2D eigenvalue weighted by Gasteiger charge is -2.11. The fourth-order valence-corrected chi connectivity index (χ4v) is 4.20. The Hall–Kier alpha value is -3.41. The minimum absolute atomic E-state index is 0.996. The van der Waals surface area contributed by atoms with Crippen LogP contribution >= 0.6 is 0 Å². The van der Waals surface area contributed by atoms with Crippen molar-refractivity contribution in [3.05, 3.63) is 79.1 Å². The minimum Gasteiger partial charge on any atom is -0.268 e. The number of hydrazone groups is 1. The number of benzene rings is 2. The number of aromatic nitrogens is 4. The van der Waals surface area contributed by atoms with Crippen LogP contribution in [0.5, 0.6) is 0 Å². The highest BCUT2D eigenvalue weighted by Gasteiger charge is 2.20. The average molecular weight is 431 g/mol. The molecule has 2 heterocycles. The van der Waals surface area contributed by atoms with E-state index in [0.29, 0.717) is 0 Å². The van der Waals surface area contributed by atoms with Crippen LogP contribution in [0, 0.1) is 0 Å². The number of fused-ring (bicyclic) bond motifs is 1. The van der Waals surface area contributed by atoms with E-state index < -0.39 is 0 Å². The Labute approximate surface area is 190 Å². The second kappa shape index (κ2) is 10.3. The smallest absolute Gasteiger partial charge is 0.268 e. The highest BCUT2D eigenvalue weighted by molar-refractivity contribution is 5.81. The number of hydrogen-bond acceptors (Lipinski definition) is 2. The summed E-state index contributed by atoms with van der Waals surface area (Å²) < 4.78 is 9.00. The van der Waals surface area contributed by atoms with Crippen molar-refractivity contribution in [3.8, 4) is 0 Å². The third-order valence-corrected chi connectivity index (χ3v) is 6.00. The fraction of sp³-hybridized carbons (Fsp3) is 0.346. The molecule has 6 nitrogen and oxygen atoms in total. The predicted molar refractivity (Wildman–Crippen MR) is 130 cm³/mol. The van der Waals surface area contributed by atoms with Gasteiger partial charge < -0.3 is 0 Å². The van der Waals surface area contributed by atoms with E-state index in [-0.39, 0.29) is 0 Å². The lowest BCUT2D eigenvalue weighted by molar-refractivity contribution is -0.671. The molecule has 166 valence electrons. The Kier molecular flexibility index (Phi) is 7.00. The first-order valence-electron chi connectivity index (χ1n) is 11.4. The first-order valence-corrected chi connectivity index (χ1v) is 11.4. The number of nitrogens with zero attached hydrogens (tertiary/aromatic N) is 6. The maximum Gasteiger partial charge on any atom is 0.302 e. The number of hydrogen-bond donors (Lipinski definition) is 0. The summed E-state index contributed by atoms with van der Waals surface area (Å²) in [5, 5.41) is 6.66. The number of para-hydroxylation sites is 3. The molecule has 0 saturated heterocycles. The summed E-state index contributed by atoms with van der Waals surface area (Å²) in [5.41, 5.74) is 3.57. The molecule has 6 heteroatoms. The van der Waals surface area contributed by atoms with Gasteiger partial charge in [-0.3, -0.25) is 5.01 Å². The molecule has 0 saturated carbocycles. The molecule has 0 unspecified atom stereocenters. The Morgan fingerprint density at radius 1 is 0.906 bits per heavy atom. The molecule has 0 spiro atoms. The van der Waals surface area contributed by atoms with Gasteiger partial charge in [0.05, 0.1) is 32.9 Å². The number of rotatable bonds is 10. The Balaban J connectivity index is 1.42. The van der Waals surface area contributed by atoms with Crippen molar-refractivity contribution in [2.24, 2.45) is 19.2 Å². The Bertz CT molecular complexity index is 1170. The van der Waals surface area contributed by atoms with E-state index in [4.69, 9.17) is 5.10 Å². The van der Waals surface area contributed by atoms with Gasteiger partial charge in [0.2, 0.25) is 6.33 Å². The van der Waals surface area contributed by atoms with Gasteiger partial charge in [0.1, 0.15) is 18.6 Å². The summed E-state index contributed by atoms with van der Waals surface area (Å²) >= 11 is 0. The molecule has 0 N–H and O–H groups in total. The normalized spacial score (nSPS) is 11.6. The molecule has 0 amide bonds. The summed E-state index contributed by atoms with van der Waals surface area (Å²) in [6, 6.07) is 18.8. The average Bonchev–Trinajstić information content (AvgIpc) is 3.36. The summed E-state index contributed by atoms with van der Waals surface area (Å²) in [4.78, 5) is 0. The molecule has 4 aromatic rings. The summed E-state index contributed by atoms with van der Waals surface area (Å²) in [7, 11) is 6.18. The van der Waals surface area contributed by atoms with Gasteiger partial charge in [-0.2, -0.15) is 5.10 Å².